The minimum atomic E-state index is -0.317. The Hall–Kier alpha value is -3.31. The van der Waals surface area contributed by atoms with Crippen LogP contribution < -0.4 is 0 Å². The number of furan rings is 1. The molecule has 0 radical (unpaired) electrons. The zero-order valence-corrected chi connectivity index (χ0v) is 17.0. The normalized spacial score (nSPS) is 11.0. The number of halogens is 2. The first-order valence-electron chi connectivity index (χ1n) is 9.51. The standard InChI is InChI=1S/C24H20ClFN2O2/c1-2-11-27(16-18-7-3-4-9-20(18)25)24(29)22-14-23-21(10-12-30-23)28(22)15-17-6-5-8-19(26)13-17/h2-10,12-14H,1,11,15-16H2. The molecule has 4 aromatic rings. The molecule has 0 N–H and O–H groups in total. The van der Waals surface area contributed by atoms with Crippen molar-refractivity contribution in [1.82, 2.24) is 9.47 Å². The van der Waals surface area contributed by atoms with E-state index in [0.717, 1.165) is 16.6 Å². The Morgan fingerprint density at radius 3 is 2.77 bits per heavy atom. The first-order chi connectivity index (χ1) is 14.6. The molecule has 152 valence electrons. The fraction of sp³-hybridized carbons (Fsp3) is 0.125. The summed E-state index contributed by atoms with van der Waals surface area (Å²) >= 11 is 6.30. The lowest BCUT2D eigenvalue weighted by Crippen LogP contribution is -2.32. The maximum atomic E-state index is 13.7. The summed E-state index contributed by atoms with van der Waals surface area (Å²) in [6.45, 7) is 4.82. The number of hydrogen-bond acceptors (Lipinski definition) is 2. The third-order valence-electron chi connectivity index (χ3n) is 4.93. The molecule has 0 saturated carbocycles. The molecule has 0 aliphatic carbocycles. The Morgan fingerprint density at radius 2 is 2.00 bits per heavy atom. The molecule has 2 heterocycles. The van der Waals surface area contributed by atoms with Crippen LogP contribution in [0, 0.1) is 5.82 Å². The van der Waals surface area contributed by atoms with Crippen LogP contribution in [0.15, 0.2) is 84.0 Å². The predicted molar refractivity (Wildman–Crippen MR) is 116 cm³/mol. The van der Waals surface area contributed by atoms with E-state index in [1.807, 2.05) is 28.8 Å². The molecule has 30 heavy (non-hydrogen) atoms. The van der Waals surface area contributed by atoms with Gasteiger partial charge in [0.15, 0.2) is 5.58 Å². The van der Waals surface area contributed by atoms with E-state index < -0.39 is 0 Å². The fourth-order valence-corrected chi connectivity index (χ4v) is 3.71. The highest BCUT2D eigenvalue weighted by molar-refractivity contribution is 6.31. The van der Waals surface area contributed by atoms with Crippen LogP contribution in [0.3, 0.4) is 0 Å². The average Bonchev–Trinajstić information content (AvgIpc) is 3.31. The van der Waals surface area contributed by atoms with Crippen molar-refractivity contribution in [2.45, 2.75) is 13.1 Å². The van der Waals surface area contributed by atoms with E-state index in [9.17, 15) is 9.18 Å². The highest BCUT2D eigenvalue weighted by Crippen LogP contribution is 2.25. The minimum Gasteiger partial charge on any atom is -0.463 e. The van der Waals surface area contributed by atoms with Gasteiger partial charge in [-0.25, -0.2) is 4.39 Å². The van der Waals surface area contributed by atoms with Crippen LogP contribution in [-0.4, -0.2) is 21.9 Å². The third kappa shape index (κ3) is 4.02. The maximum Gasteiger partial charge on any atom is 0.271 e. The molecule has 0 spiro atoms. The SMILES string of the molecule is C=CCN(Cc1ccccc1Cl)C(=O)c1cc2occc2n1Cc1cccc(F)c1. The van der Waals surface area contributed by atoms with Gasteiger partial charge in [-0.1, -0.05) is 48.0 Å². The van der Waals surface area contributed by atoms with Gasteiger partial charge in [0.05, 0.1) is 11.8 Å². The van der Waals surface area contributed by atoms with Crippen molar-refractivity contribution in [3.05, 3.63) is 107 Å². The smallest absolute Gasteiger partial charge is 0.271 e. The van der Waals surface area contributed by atoms with Gasteiger partial charge in [-0.2, -0.15) is 0 Å². The Morgan fingerprint density at radius 1 is 1.17 bits per heavy atom. The molecule has 0 aliphatic heterocycles. The Bertz CT molecular complexity index is 1210. The van der Waals surface area contributed by atoms with Gasteiger partial charge >= 0.3 is 0 Å². The predicted octanol–water partition coefficient (Wildman–Crippen LogP) is 5.90. The number of benzene rings is 2. The quantitative estimate of drug-likeness (QED) is 0.347. The number of nitrogens with zero attached hydrogens (tertiary/aromatic N) is 2. The van der Waals surface area contributed by atoms with Crippen LogP contribution in [0.2, 0.25) is 5.02 Å². The van der Waals surface area contributed by atoms with Gasteiger partial charge in [0, 0.05) is 36.8 Å². The number of carbonyl (C=O) groups excluding carboxylic acids is 1. The molecule has 0 aliphatic rings. The van der Waals surface area contributed by atoms with Gasteiger partial charge in [0.25, 0.3) is 5.91 Å². The summed E-state index contributed by atoms with van der Waals surface area (Å²) in [4.78, 5) is 15.2. The highest BCUT2D eigenvalue weighted by Gasteiger charge is 2.23. The largest absolute Gasteiger partial charge is 0.463 e. The van der Waals surface area contributed by atoms with Crippen LogP contribution >= 0.6 is 11.6 Å². The van der Waals surface area contributed by atoms with Crippen molar-refractivity contribution in [2.24, 2.45) is 0 Å². The molecule has 0 atom stereocenters. The molecule has 6 heteroatoms. The van der Waals surface area contributed by atoms with E-state index in [4.69, 9.17) is 16.0 Å². The zero-order chi connectivity index (χ0) is 21.1. The summed E-state index contributed by atoms with van der Waals surface area (Å²) in [5.41, 5.74) is 3.44. The van der Waals surface area contributed by atoms with E-state index in [2.05, 4.69) is 6.58 Å². The number of rotatable bonds is 7. The lowest BCUT2D eigenvalue weighted by molar-refractivity contribution is 0.0753. The molecule has 4 nitrogen and oxygen atoms in total. The summed E-state index contributed by atoms with van der Waals surface area (Å²) in [5, 5.41) is 0.600. The number of fused-ring (bicyclic) bond motifs is 1. The molecule has 1 amide bonds. The molecule has 0 unspecified atom stereocenters. The van der Waals surface area contributed by atoms with Crippen LogP contribution in [-0.2, 0) is 13.1 Å². The zero-order valence-electron chi connectivity index (χ0n) is 16.2. The number of aromatic nitrogens is 1. The Balaban J connectivity index is 1.71. The number of carbonyl (C=O) groups is 1. The second kappa shape index (κ2) is 8.59. The lowest BCUT2D eigenvalue weighted by atomic mass is 10.2. The summed E-state index contributed by atoms with van der Waals surface area (Å²) < 4.78 is 21.1. The van der Waals surface area contributed by atoms with E-state index in [1.54, 1.807) is 41.5 Å². The third-order valence-corrected chi connectivity index (χ3v) is 5.30. The summed E-state index contributed by atoms with van der Waals surface area (Å²) in [6.07, 6.45) is 3.25. The lowest BCUT2D eigenvalue weighted by Gasteiger charge is -2.23. The van der Waals surface area contributed by atoms with E-state index in [-0.39, 0.29) is 11.7 Å². The topological polar surface area (TPSA) is 38.4 Å². The fourth-order valence-electron chi connectivity index (χ4n) is 3.51. The van der Waals surface area contributed by atoms with Crippen molar-refractivity contribution in [3.63, 3.8) is 0 Å². The molecule has 4 rings (SSSR count). The first kappa shape index (κ1) is 20.0. The van der Waals surface area contributed by atoms with Crippen molar-refractivity contribution in [1.29, 1.82) is 0 Å². The van der Waals surface area contributed by atoms with E-state index in [1.165, 1.54) is 12.1 Å². The number of amides is 1. The molecular weight excluding hydrogens is 403 g/mol. The number of hydrogen-bond donors (Lipinski definition) is 0. The van der Waals surface area contributed by atoms with Gasteiger partial charge in [0.1, 0.15) is 11.5 Å². The first-order valence-corrected chi connectivity index (χ1v) is 9.89. The maximum absolute atomic E-state index is 13.7. The monoisotopic (exact) mass is 422 g/mol. The Labute approximate surface area is 178 Å². The van der Waals surface area contributed by atoms with Gasteiger partial charge < -0.3 is 13.9 Å². The van der Waals surface area contributed by atoms with Gasteiger partial charge in [-0.3, -0.25) is 4.79 Å². The molecule has 0 bridgehead atoms. The highest BCUT2D eigenvalue weighted by atomic mass is 35.5. The van der Waals surface area contributed by atoms with Crippen molar-refractivity contribution < 1.29 is 13.6 Å². The summed E-state index contributed by atoms with van der Waals surface area (Å²) in [7, 11) is 0. The van der Waals surface area contributed by atoms with Gasteiger partial charge in [0.2, 0.25) is 0 Å². The van der Waals surface area contributed by atoms with Crippen molar-refractivity contribution >= 4 is 28.6 Å². The molecule has 0 saturated heterocycles. The van der Waals surface area contributed by atoms with Crippen LogP contribution in [0.5, 0.6) is 0 Å². The molecule has 2 aromatic carbocycles. The second-order valence-corrected chi connectivity index (χ2v) is 7.39. The van der Waals surface area contributed by atoms with Gasteiger partial charge in [-0.15, -0.1) is 6.58 Å². The van der Waals surface area contributed by atoms with Crippen LogP contribution in [0.4, 0.5) is 4.39 Å². The second-order valence-electron chi connectivity index (χ2n) is 6.98. The molecular formula is C24H20ClFN2O2. The van der Waals surface area contributed by atoms with E-state index >= 15 is 0 Å². The Kier molecular flexibility index (Phi) is 5.72. The van der Waals surface area contributed by atoms with Crippen molar-refractivity contribution in [3.8, 4) is 0 Å². The summed E-state index contributed by atoms with van der Waals surface area (Å²) in [5.74, 6) is -0.499. The van der Waals surface area contributed by atoms with Gasteiger partial charge in [-0.05, 0) is 29.3 Å². The average molecular weight is 423 g/mol. The summed E-state index contributed by atoms with van der Waals surface area (Å²) in [6, 6.07) is 17.3. The molecule has 2 aromatic heterocycles. The van der Waals surface area contributed by atoms with Crippen molar-refractivity contribution in [2.75, 3.05) is 6.54 Å². The van der Waals surface area contributed by atoms with Crippen LogP contribution in [0.25, 0.3) is 11.1 Å². The minimum absolute atomic E-state index is 0.183. The van der Waals surface area contributed by atoms with Crippen LogP contribution in [0.1, 0.15) is 21.6 Å². The van der Waals surface area contributed by atoms with E-state index in [0.29, 0.717) is 35.9 Å². The molecule has 0 fully saturated rings.